The molecule has 0 radical (unpaired) electrons. The van der Waals surface area contributed by atoms with Gasteiger partial charge in [0.15, 0.2) is 0 Å². The van der Waals surface area contributed by atoms with Gasteiger partial charge in [-0.2, -0.15) is 0 Å². The second-order valence-electron chi connectivity index (χ2n) is 5.08. The van der Waals surface area contributed by atoms with Crippen molar-refractivity contribution in [3.05, 3.63) is 0 Å². The van der Waals surface area contributed by atoms with Gasteiger partial charge in [-0.25, -0.2) is 0 Å². The number of carboxylic acid groups (broad SMARTS) is 1. The van der Waals surface area contributed by atoms with Gasteiger partial charge in [0.05, 0.1) is 25.2 Å². The number of hydrogen-bond donors (Lipinski definition) is 3. The Hall–Kier alpha value is -1.18. The molecule has 0 bridgehead atoms. The summed E-state index contributed by atoms with van der Waals surface area (Å²) < 4.78 is 5.38. The standard InChI is InChI=1S/C12H21N3O4/c1-2-14-11(18)9-6-19-4-3-15(9)12(5-10(16)17)7-13-8-12/h9,13H,2-8H2,1H3,(H,14,18)(H,16,17). The summed E-state index contributed by atoms with van der Waals surface area (Å²) >= 11 is 0. The number of nitrogens with zero attached hydrogens (tertiary/aromatic N) is 1. The number of ether oxygens (including phenoxy) is 1. The first-order chi connectivity index (χ1) is 9.09. The molecule has 7 heteroatoms. The van der Waals surface area contributed by atoms with E-state index in [0.29, 0.717) is 39.4 Å². The quantitative estimate of drug-likeness (QED) is 0.572. The van der Waals surface area contributed by atoms with Crippen LogP contribution in [0.4, 0.5) is 0 Å². The molecule has 1 atom stereocenters. The number of carboxylic acids is 1. The van der Waals surface area contributed by atoms with E-state index in [9.17, 15) is 9.59 Å². The summed E-state index contributed by atoms with van der Waals surface area (Å²) in [5.41, 5.74) is -0.453. The van der Waals surface area contributed by atoms with Gasteiger partial charge >= 0.3 is 5.97 Å². The van der Waals surface area contributed by atoms with Gasteiger partial charge in [-0.05, 0) is 6.92 Å². The third-order valence-electron chi connectivity index (χ3n) is 3.78. The van der Waals surface area contributed by atoms with Crippen LogP contribution in [-0.2, 0) is 14.3 Å². The number of likely N-dealkylation sites (N-methyl/N-ethyl adjacent to an activating group) is 1. The van der Waals surface area contributed by atoms with Crippen LogP contribution in [0.15, 0.2) is 0 Å². The highest BCUT2D eigenvalue weighted by atomic mass is 16.5. The molecule has 2 heterocycles. The fraction of sp³-hybridized carbons (Fsp3) is 0.833. The topological polar surface area (TPSA) is 90.9 Å². The van der Waals surface area contributed by atoms with Crippen molar-refractivity contribution in [3.8, 4) is 0 Å². The minimum Gasteiger partial charge on any atom is -0.481 e. The molecule has 2 aliphatic rings. The van der Waals surface area contributed by atoms with Gasteiger partial charge in [-0.1, -0.05) is 0 Å². The van der Waals surface area contributed by atoms with Crippen LogP contribution in [0.3, 0.4) is 0 Å². The van der Waals surface area contributed by atoms with Crippen molar-refractivity contribution >= 4 is 11.9 Å². The van der Waals surface area contributed by atoms with Gasteiger partial charge in [0.2, 0.25) is 5.91 Å². The van der Waals surface area contributed by atoms with Gasteiger partial charge in [-0.15, -0.1) is 0 Å². The van der Waals surface area contributed by atoms with Crippen molar-refractivity contribution < 1.29 is 19.4 Å². The molecule has 19 heavy (non-hydrogen) atoms. The Morgan fingerprint density at radius 1 is 1.53 bits per heavy atom. The van der Waals surface area contributed by atoms with Crippen molar-refractivity contribution in [2.75, 3.05) is 39.4 Å². The SMILES string of the molecule is CCNC(=O)C1COCCN1C1(CC(=O)O)CNC1. The molecule has 0 aromatic heterocycles. The van der Waals surface area contributed by atoms with E-state index in [-0.39, 0.29) is 12.3 Å². The molecular weight excluding hydrogens is 250 g/mol. The third-order valence-corrected chi connectivity index (χ3v) is 3.78. The van der Waals surface area contributed by atoms with E-state index in [1.807, 2.05) is 11.8 Å². The minimum absolute atomic E-state index is 0.0515. The smallest absolute Gasteiger partial charge is 0.305 e. The van der Waals surface area contributed by atoms with Crippen molar-refractivity contribution in [1.29, 1.82) is 0 Å². The number of nitrogens with one attached hydrogen (secondary N) is 2. The highest BCUT2D eigenvalue weighted by Crippen LogP contribution is 2.28. The van der Waals surface area contributed by atoms with E-state index < -0.39 is 17.6 Å². The maximum Gasteiger partial charge on any atom is 0.305 e. The molecule has 0 saturated carbocycles. The molecular formula is C12H21N3O4. The highest BCUT2D eigenvalue weighted by molar-refractivity contribution is 5.82. The summed E-state index contributed by atoms with van der Waals surface area (Å²) in [5, 5.41) is 15.0. The molecule has 0 spiro atoms. The van der Waals surface area contributed by atoms with Crippen molar-refractivity contribution in [3.63, 3.8) is 0 Å². The molecule has 1 amide bonds. The van der Waals surface area contributed by atoms with Crippen LogP contribution in [0.1, 0.15) is 13.3 Å². The molecule has 2 saturated heterocycles. The fourth-order valence-electron chi connectivity index (χ4n) is 2.81. The number of carbonyl (C=O) groups excluding carboxylic acids is 1. The summed E-state index contributed by atoms with van der Waals surface area (Å²) in [7, 11) is 0. The van der Waals surface area contributed by atoms with Crippen molar-refractivity contribution in [2.24, 2.45) is 0 Å². The molecule has 7 nitrogen and oxygen atoms in total. The lowest BCUT2D eigenvalue weighted by Gasteiger charge is -2.53. The van der Waals surface area contributed by atoms with Crippen LogP contribution >= 0.6 is 0 Å². The van der Waals surface area contributed by atoms with Gasteiger partial charge in [-0.3, -0.25) is 14.5 Å². The summed E-state index contributed by atoms with van der Waals surface area (Å²) in [6, 6.07) is -0.393. The lowest BCUT2D eigenvalue weighted by Crippen LogP contribution is -2.74. The maximum atomic E-state index is 12.1. The number of morpholine rings is 1. The van der Waals surface area contributed by atoms with E-state index in [1.165, 1.54) is 0 Å². The zero-order valence-electron chi connectivity index (χ0n) is 11.1. The van der Waals surface area contributed by atoms with Crippen LogP contribution in [0, 0.1) is 0 Å². The molecule has 108 valence electrons. The van der Waals surface area contributed by atoms with Gasteiger partial charge in [0.1, 0.15) is 6.04 Å². The van der Waals surface area contributed by atoms with Crippen LogP contribution in [0.5, 0.6) is 0 Å². The Morgan fingerprint density at radius 2 is 2.26 bits per heavy atom. The Kier molecular flexibility index (Phi) is 4.38. The molecule has 2 aliphatic heterocycles. The largest absolute Gasteiger partial charge is 0.481 e. The van der Waals surface area contributed by atoms with Crippen LogP contribution in [-0.4, -0.2) is 72.9 Å². The highest BCUT2D eigenvalue weighted by Gasteiger charge is 2.49. The van der Waals surface area contributed by atoms with E-state index in [1.54, 1.807) is 0 Å². The Labute approximate surface area is 112 Å². The van der Waals surface area contributed by atoms with Crippen LogP contribution in [0.25, 0.3) is 0 Å². The predicted molar refractivity (Wildman–Crippen MR) is 67.9 cm³/mol. The first-order valence-electron chi connectivity index (χ1n) is 6.64. The first-order valence-corrected chi connectivity index (χ1v) is 6.64. The Balaban J connectivity index is 2.13. The number of hydrogen-bond acceptors (Lipinski definition) is 5. The predicted octanol–water partition coefficient (Wildman–Crippen LogP) is -1.36. The monoisotopic (exact) mass is 271 g/mol. The maximum absolute atomic E-state index is 12.1. The molecule has 1 unspecified atom stereocenters. The zero-order valence-corrected chi connectivity index (χ0v) is 11.1. The number of aliphatic carboxylic acids is 1. The summed E-state index contributed by atoms with van der Waals surface area (Å²) in [6.45, 7) is 5.10. The Bertz CT molecular complexity index is 357. The number of amides is 1. The Morgan fingerprint density at radius 3 is 2.79 bits per heavy atom. The summed E-state index contributed by atoms with van der Waals surface area (Å²) in [4.78, 5) is 25.2. The fourth-order valence-corrected chi connectivity index (χ4v) is 2.81. The second-order valence-corrected chi connectivity index (χ2v) is 5.08. The summed E-state index contributed by atoms with van der Waals surface area (Å²) in [5.74, 6) is -0.915. The number of carbonyl (C=O) groups is 2. The van der Waals surface area contributed by atoms with E-state index >= 15 is 0 Å². The first kappa shape index (κ1) is 14.2. The molecule has 2 fully saturated rings. The minimum atomic E-state index is -0.831. The normalized spacial score (nSPS) is 26.5. The molecule has 0 aromatic carbocycles. The lowest BCUT2D eigenvalue weighted by atomic mass is 9.84. The van der Waals surface area contributed by atoms with Gasteiger partial charge < -0.3 is 20.5 Å². The van der Waals surface area contributed by atoms with Crippen LogP contribution in [0.2, 0.25) is 0 Å². The van der Waals surface area contributed by atoms with E-state index in [4.69, 9.17) is 9.84 Å². The van der Waals surface area contributed by atoms with Crippen molar-refractivity contribution in [1.82, 2.24) is 15.5 Å². The van der Waals surface area contributed by atoms with Gasteiger partial charge in [0.25, 0.3) is 0 Å². The lowest BCUT2D eigenvalue weighted by molar-refractivity contribution is -0.153. The van der Waals surface area contributed by atoms with Crippen molar-refractivity contribution in [2.45, 2.75) is 24.9 Å². The molecule has 0 aliphatic carbocycles. The van der Waals surface area contributed by atoms with Gasteiger partial charge in [0, 0.05) is 26.2 Å². The second kappa shape index (κ2) is 5.85. The van der Waals surface area contributed by atoms with E-state index in [2.05, 4.69) is 10.6 Å². The molecule has 3 N–H and O–H groups in total. The third kappa shape index (κ3) is 2.88. The summed E-state index contributed by atoms with van der Waals surface area (Å²) in [6.07, 6.45) is 0.0515. The average Bonchev–Trinajstić information content (AvgIpc) is 2.34. The average molecular weight is 271 g/mol. The molecule has 0 aromatic rings. The van der Waals surface area contributed by atoms with Crippen LogP contribution < -0.4 is 10.6 Å². The van der Waals surface area contributed by atoms with E-state index in [0.717, 1.165) is 0 Å². The molecule has 2 rings (SSSR count). The zero-order chi connectivity index (χ0) is 13.9. The number of rotatable bonds is 5.